The highest BCUT2D eigenvalue weighted by atomic mass is 16.6. The lowest BCUT2D eigenvalue weighted by atomic mass is 9.97. The van der Waals surface area contributed by atoms with Gasteiger partial charge in [0.15, 0.2) is 0 Å². The van der Waals surface area contributed by atoms with Crippen LogP contribution in [0.15, 0.2) is 41.5 Å². The number of nitrogens with zero attached hydrogens (tertiary/aromatic N) is 5. The number of nitro benzene ring substituents is 1. The van der Waals surface area contributed by atoms with Crippen molar-refractivity contribution in [1.29, 1.82) is 16.1 Å². The molecule has 0 bridgehead atoms. The second-order valence-corrected chi connectivity index (χ2v) is 5.40. The second kappa shape index (κ2) is 8.36. The lowest BCUT2D eigenvalue weighted by Gasteiger charge is -2.22. The molecule has 2 aromatic rings. The Morgan fingerprint density at radius 3 is 2.46 bits per heavy atom. The van der Waals surface area contributed by atoms with E-state index >= 15 is 0 Å². The lowest BCUT2D eigenvalue weighted by Crippen LogP contribution is -2.23. The Morgan fingerprint density at radius 2 is 1.96 bits per heavy atom. The quantitative estimate of drug-likeness (QED) is 0.446. The van der Waals surface area contributed by atoms with E-state index in [0.29, 0.717) is 24.1 Å². The zero-order chi connectivity index (χ0) is 19.1. The van der Waals surface area contributed by atoms with Crippen LogP contribution in [-0.2, 0) is 0 Å². The van der Waals surface area contributed by atoms with E-state index < -0.39 is 4.92 Å². The smallest absolute Gasteiger partial charge is 0.273 e. The SMILES string of the molecule is CCN(CCC#N)c1ccc(-c2c(C#N)cc([N+](=O)[O-])cc2N=N)cc1. The number of rotatable bonds is 7. The molecule has 0 unspecified atom stereocenters. The van der Waals surface area contributed by atoms with Crippen molar-refractivity contribution in [3.63, 3.8) is 0 Å². The Labute approximate surface area is 150 Å². The third-order valence-electron chi connectivity index (χ3n) is 3.95. The van der Waals surface area contributed by atoms with Crippen molar-refractivity contribution in [3.8, 4) is 23.3 Å². The first-order chi connectivity index (χ1) is 12.5. The monoisotopic (exact) mass is 348 g/mol. The van der Waals surface area contributed by atoms with Gasteiger partial charge in [0.05, 0.1) is 23.0 Å². The largest absolute Gasteiger partial charge is 0.371 e. The minimum atomic E-state index is -0.614. The Hall–Kier alpha value is -3.78. The highest BCUT2D eigenvalue weighted by Gasteiger charge is 2.18. The first kappa shape index (κ1) is 18.6. The summed E-state index contributed by atoms with van der Waals surface area (Å²) >= 11 is 0. The van der Waals surface area contributed by atoms with E-state index in [1.807, 2.05) is 30.0 Å². The normalized spacial score (nSPS) is 9.81. The zero-order valence-electron chi connectivity index (χ0n) is 14.1. The molecule has 0 heterocycles. The van der Waals surface area contributed by atoms with Crippen LogP contribution in [-0.4, -0.2) is 18.0 Å². The van der Waals surface area contributed by atoms with Gasteiger partial charge in [0.1, 0.15) is 11.8 Å². The van der Waals surface area contributed by atoms with Crippen molar-refractivity contribution in [3.05, 3.63) is 52.1 Å². The van der Waals surface area contributed by atoms with Crippen LogP contribution in [0.25, 0.3) is 11.1 Å². The molecule has 0 atom stereocenters. The molecule has 0 radical (unpaired) electrons. The van der Waals surface area contributed by atoms with Crippen molar-refractivity contribution in [1.82, 2.24) is 0 Å². The summed E-state index contributed by atoms with van der Waals surface area (Å²) in [6.45, 7) is 3.35. The molecular formula is C18H16N6O2. The number of nitriles is 2. The van der Waals surface area contributed by atoms with Crippen molar-refractivity contribution in [2.24, 2.45) is 5.11 Å². The summed E-state index contributed by atoms with van der Waals surface area (Å²) in [4.78, 5) is 12.4. The van der Waals surface area contributed by atoms with Crippen molar-refractivity contribution in [2.75, 3.05) is 18.0 Å². The van der Waals surface area contributed by atoms with E-state index in [9.17, 15) is 15.4 Å². The van der Waals surface area contributed by atoms with Gasteiger partial charge in [0, 0.05) is 36.5 Å². The van der Waals surface area contributed by atoms with Gasteiger partial charge in [-0.05, 0) is 24.6 Å². The van der Waals surface area contributed by atoms with E-state index in [2.05, 4.69) is 11.2 Å². The summed E-state index contributed by atoms with van der Waals surface area (Å²) in [5.41, 5.74) is 9.16. The number of nitro groups is 1. The van der Waals surface area contributed by atoms with Crippen LogP contribution in [0.1, 0.15) is 18.9 Å². The molecule has 0 saturated carbocycles. The van der Waals surface area contributed by atoms with E-state index in [0.717, 1.165) is 12.2 Å². The fourth-order valence-electron chi connectivity index (χ4n) is 2.69. The van der Waals surface area contributed by atoms with Crippen LogP contribution >= 0.6 is 0 Å². The van der Waals surface area contributed by atoms with Gasteiger partial charge in [-0.2, -0.15) is 15.6 Å². The molecule has 0 fully saturated rings. The first-order valence-electron chi connectivity index (χ1n) is 7.88. The molecule has 0 aromatic heterocycles. The lowest BCUT2D eigenvalue weighted by molar-refractivity contribution is -0.384. The van der Waals surface area contributed by atoms with Gasteiger partial charge in [-0.1, -0.05) is 12.1 Å². The number of nitrogens with one attached hydrogen (secondary N) is 1. The van der Waals surface area contributed by atoms with Gasteiger partial charge in [0.2, 0.25) is 0 Å². The maximum atomic E-state index is 11.0. The average Bonchev–Trinajstić information content (AvgIpc) is 2.67. The molecular weight excluding hydrogens is 332 g/mol. The molecule has 130 valence electrons. The third kappa shape index (κ3) is 3.82. The Balaban J connectivity index is 2.49. The van der Waals surface area contributed by atoms with E-state index in [-0.39, 0.29) is 16.9 Å². The third-order valence-corrected chi connectivity index (χ3v) is 3.95. The van der Waals surface area contributed by atoms with Gasteiger partial charge >= 0.3 is 0 Å². The summed E-state index contributed by atoms with van der Waals surface area (Å²) < 4.78 is 0. The highest BCUT2D eigenvalue weighted by Crippen LogP contribution is 2.37. The summed E-state index contributed by atoms with van der Waals surface area (Å²) in [5, 5.41) is 32.5. The van der Waals surface area contributed by atoms with Gasteiger partial charge < -0.3 is 4.90 Å². The molecule has 0 amide bonds. The van der Waals surface area contributed by atoms with Crippen molar-refractivity contribution in [2.45, 2.75) is 13.3 Å². The maximum absolute atomic E-state index is 11.0. The van der Waals surface area contributed by atoms with E-state index in [1.54, 1.807) is 12.1 Å². The number of anilines is 1. The summed E-state index contributed by atoms with van der Waals surface area (Å²) in [6.07, 6.45) is 0.415. The summed E-state index contributed by atoms with van der Waals surface area (Å²) in [6, 6.07) is 13.7. The highest BCUT2D eigenvalue weighted by molar-refractivity contribution is 5.83. The summed E-state index contributed by atoms with van der Waals surface area (Å²) in [5.74, 6) is 0. The van der Waals surface area contributed by atoms with Crippen molar-refractivity contribution >= 4 is 17.1 Å². The molecule has 0 spiro atoms. The van der Waals surface area contributed by atoms with Crippen LogP contribution < -0.4 is 4.90 Å². The molecule has 8 nitrogen and oxygen atoms in total. The maximum Gasteiger partial charge on any atom is 0.273 e. The van der Waals surface area contributed by atoms with Crippen LogP contribution in [0.3, 0.4) is 0 Å². The summed E-state index contributed by atoms with van der Waals surface area (Å²) in [7, 11) is 0. The molecule has 0 aliphatic carbocycles. The fraction of sp³-hybridized carbons (Fsp3) is 0.222. The van der Waals surface area contributed by atoms with Gasteiger partial charge in [-0.15, -0.1) is 0 Å². The van der Waals surface area contributed by atoms with Gasteiger partial charge in [0.25, 0.3) is 5.69 Å². The molecule has 8 heteroatoms. The predicted octanol–water partition coefficient (Wildman–Crippen LogP) is 4.54. The Bertz CT molecular complexity index is 909. The standard InChI is InChI=1S/C18H16N6O2/c1-2-23(9-3-8-19)15-6-4-13(5-7-15)18-14(12-20)10-16(24(25)26)11-17(18)22-21/h4-7,10-11,21H,2-3,9H2,1H3. The van der Waals surface area contributed by atoms with Crippen LogP contribution in [0.5, 0.6) is 0 Å². The van der Waals surface area contributed by atoms with Crippen LogP contribution in [0.4, 0.5) is 17.1 Å². The van der Waals surface area contributed by atoms with E-state index in [1.165, 1.54) is 12.1 Å². The molecule has 0 saturated heterocycles. The van der Waals surface area contributed by atoms with Gasteiger partial charge in [-0.25, -0.2) is 5.53 Å². The van der Waals surface area contributed by atoms with Gasteiger partial charge in [-0.3, -0.25) is 10.1 Å². The topological polar surface area (TPSA) is 130 Å². The van der Waals surface area contributed by atoms with Crippen molar-refractivity contribution < 1.29 is 4.92 Å². The fourth-order valence-corrected chi connectivity index (χ4v) is 2.69. The number of benzene rings is 2. The number of hydrogen-bond acceptors (Lipinski definition) is 7. The minimum absolute atomic E-state index is 0.0697. The minimum Gasteiger partial charge on any atom is -0.371 e. The first-order valence-corrected chi connectivity index (χ1v) is 7.88. The Kier molecular flexibility index (Phi) is 5.96. The molecule has 0 aliphatic rings. The predicted molar refractivity (Wildman–Crippen MR) is 96.2 cm³/mol. The second-order valence-electron chi connectivity index (χ2n) is 5.40. The number of non-ortho nitro benzene ring substituents is 1. The molecule has 1 N–H and O–H groups in total. The number of hydrogen-bond donors (Lipinski definition) is 1. The van der Waals surface area contributed by atoms with Crippen LogP contribution in [0.2, 0.25) is 0 Å². The average molecular weight is 348 g/mol. The Morgan fingerprint density at radius 1 is 1.27 bits per heavy atom. The zero-order valence-corrected chi connectivity index (χ0v) is 14.1. The van der Waals surface area contributed by atoms with Crippen LogP contribution in [0, 0.1) is 38.3 Å². The van der Waals surface area contributed by atoms with E-state index in [4.69, 9.17) is 10.8 Å². The molecule has 2 rings (SSSR count). The molecule has 2 aromatic carbocycles. The molecule has 0 aliphatic heterocycles. The molecule has 26 heavy (non-hydrogen) atoms.